The molecule has 3 N–H and O–H groups in total. The Balaban J connectivity index is 2.52. The Morgan fingerprint density at radius 1 is 1.17 bits per heavy atom. The van der Waals surface area contributed by atoms with E-state index in [0.29, 0.717) is 15.7 Å². The number of aromatic amines is 1. The van der Waals surface area contributed by atoms with Crippen molar-refractivity contribution in [3.05, 3.63) is 56.3 Å². The molecule has 18 heavy (non-hydrogen) atoms. The molecule has 0 spiro atoms. The molecule has 0 aliphatic heterocycles. The number of nitrogens with one attached hydrogen (secondary N) is 1. The first kappa shape index (κ1) is 13.1. The fourth-order valence-corrected chi connectivity index (χ4v) is 1.96. The zero-order valence-corrected chi connectivity index (χ0v) is 11.4. The van der Waals surface area contributed by atoms with Gasteiger partial charge in [-0.15, -0.1) is 0 Å². The summed E-state index contributed by atoms with van der Waals surface area (Å²) >= 11 is 16.5. The quantitative estimate of drug-likeness (QED) is 0.838. The number of thiocarbonyl (C=S) groups is 1. The van der Waals surface area contributed by atoms with Gasteiger partial charge in [0.25, 0.3) is 5.56 Å². The summed E-state index contributed by atoms with van der Waals surface area (Å²) in [4.78, 5) is 14.5. The number of aromatic nitrogens is 1. The van der Waals surface area contributed by atoms with Crippen LogP contribution >= 0.6 is 35.4 Å². The van der Waals surface area contributed by atoms with Crippen LogP contribution in [0.1, 0.15) is 5.56 Å². The zero-order valence-electron chi connectivity index (χ0n) is 9.04. The fourth-order valence-electron chi connectivity index (χ4n) is 1.50. The van der Waals surface area contributed by atoms with Crippen LogP contribution in [0.3, 0.4) is 0 Å². The lowest BCUT2D eigenvalue weighted by Gasteiger charge is -2.04. The van der Waals surface area contributed by atoms with E-state index in [1.54, 1.807) is 30.3 Å². The Morgan fingerprint density at radius 2 is 1.89 bits per heavy atom. The van der Waals surface area contributed by atoms with E-state index < -0.39 is 0 Å². The third-order valence-electron chi connectivity index (χ3n) is 2.41. The number of halogens is 2. The highest BCUT2D eigenvalue weighted by Gasteiger charge is 2.06. The number of benzene rings is 1. The summed E-state index contributed by atoms with van der Waals surface area (Å²) in [6, 6.07) is 8.41. The van der Waals surface area contributed by atoms with E-state index in [2.05, 4.69) is 4.98 Å². The van der Waals surface area contributed by atoms with Gasteiger partial charge in [-0.05, 0) is 29.8 Å². The molecule has 0 amide bonds. The number of hydrogen-bond donors (Lipinski definition) is 2. The molecule has 6 heteroatoms. The monoisotopic (exact) mass is 298 g/mol. The molecule has 1 aromatic heterocycles. The molecule has 0 radical (unpaired) electrons. The highest BCUT2D eigenvalue weighted by Crippen LogP contribution is 2.27. The third-order valence-corrected chi connectivity index (χ3v) is 3.36. The first-order valence-corrected chi connectivity index (χ1v) is 6.14. The van der Waals surface area contributed by atoms with Gasteiger partial charge in [-0.3, -0.25) is 4.79 Å². The van der Waals surface area contributed by atoms with Gasteiger partial charge >= 0.3 is 0 Å². The molecule has 0 saturated carbocycles. The van der Waals surface area contributed by atoms with E-state index in [1.165, 1.54) is 0 Å². The summed E-state index contributed by atoms with van der Waals surface area (Å²) in [5.74, 6) is 0. The van der Waals surface area contributed by atoms with Crippen LogP contribution in [0.4, 0.5) is 0 Å². The van der Waals surface area contributed by atoms with Crippen LogP contribution in [0.25, 0.3) is 11.3 Å². The highest BCUT2D eigenvalue weighted by molar-refractivity contribution is 7.80. The maximum Gasteiger partial charge on any atom is 0.258 e. The zero-order chi connectivity index (χ0) is 13.3. The molecule has 0 bridgehead atoms. The molecule has 2 aromatic rings. The molecule has 0 fully saturated rings. The molecule has 0 unspecified atom stereocenters. The molecule has 1 aromatic carbocycles. The van der Waals surface area contributed by atoms with Crippen LogP contribution in [0.5, 0.6) is 0 Å². The van der Waals surface area contributed by atoms with Gasteiger partial charge in [-0.25, -0.2) is 0 Å². The average molecular weight is 299 g/mol. The largest absolute Gasteiger partial charge is 0.389 e. The summed E-state index contributed by atoms with van der Waals surface area (Å²) in [5, 5.41) is 0.885. The number of H-pyrrole nitrogens is 1. The number of rotatable bonds is 2. The normalized spacial score (nSPS) is 10.3. The molecule has 0 atom stereocenters. The number of pyridine rings is 1. The fraction of sp³-hybridized carbons (Fsp3) is 0. The van der Waals surface area contributed by atoms with Crippen molar-refractivity contribution in [1.82, 2.24) is 4.98 Å². The minimum absolute atomic E-state index is 0.0666. The van der Waals surface area contributed by atoms with Gasteiger partial charge in [-0.2, -0.15) is 0 Å². The van der Waals surface area contributed by atoms with Crippen molar-refractivity contribution < 1.29 is 0 Å². The minimum atomic E-state index is -0.328. The molecule has 0 aliphatic rings. The minimum Gasteiger partial charge on any atom is -0.389 e. The standard InChI is InChI=1S/C12H8Cl2N2OS/c13-8-3-1-6(5-9(8)14)10-4-2-7(11(15)18)12(17)16-10/h1-5H,(H2,15,18)(H,16,17). The Morgan fingerprint density at radius 3 is 2.44 bits per heavy atom. The van der Waals surface area contributed by atoms with Crippen molar-refractivity contribution in [3.63, 3.8) is 0 Å². The van der Waals surface area contributed by atoms with Crippen molar-refractivity contribution in [2.45, 2.75) is 0 Å². The molecule has 92 valence electrons. The van der Waals surface area contributed by atoms with E-state index in [4.69, 9.17) is 41.2 Å². The molecule has 1 heterocycles. The lowest BCUT2D eigenvalue weighted by molar-refractivity contribution is 1.23. The third kappa shape index (κ3) is 2.56. The molecule has 0 aliphatic carbocycles. The van der Waals surface area contributed by atoms with Crippen LogP contribution in [0, 0.1) is 0 Å². The predicted molar refractivity (Wildman–Crippen MR) is 78.4 cm³/mol. The van der Waals surface area contributed by atoms with Crippen molar-refractivity contribution in [3.8, 4) is 11.3 Å². The lowest BCUT2D eigenvalue weighted by atomic mass is 10.1. The Labute approximate surface area is 119 Å². The second kappa shape index (κ2) is 5.10. The van der Waals surface area contributed by atoms with Crippen LogP contribution in [-0.2, 0) is 0 Å². The summed E-state index contributed by atoms with van der Waals surface area (Å²) in [5.41, 5.74) is 6.76. The number of hydrogen-bond acceptors (Lipinski definition) is 2. The Bertz CT molecular complexity index is 682. The summed E-state index contributed by atoms with van der Waals surface area (Å²) < 4.78 is 0. The summed E-state index contributed by atoms with van der Waals surface area (Å²) in [6.45, 7) is 0. The maximum atomic E-state index is 11.7. The SMILES string of the molecule is NC(=S)c1ccc(-c2ccc(Cl)c(Cl)c2)[nH]c1=O. The van der Waals surface area contributed by atoms with Gasteiger partial charge in [0.15, 0.2) is 0 Å². The van der Waals surface area contributed by atoms with Gasteiger partial charge in [0, 0.05) is 5.69 Å². The lowest BCUT2D eigenvalue weighted by Crippen LogP contribution is -2.22. The van der Waals surface area contributed by atoms with E-state index in [9.17, 15) is 4.79 Å². The van der Waals surface area contributed by atoms with Gasteiger partial charge in [0.05, 0.1) is 15.6 Å². The van der Waals surface area contributed by atoms with Crippen LogP contribution < -0.4 is 11.3 Å². The molecule has 0 saturated heterocycles. The van der Waals surface area contributed by atoms with E-state index in [0.717, 1.165) is 5.56 Å². The molecule has 2 rings (SSSR count). The molecular weight excluding hydrogens is 291 g/mol. The van der Waals surface area contributed by atoms with Crippen LogP contribution in [-0.4, -0.2) is 9.97 Å². The van der Waals surface area contributed by atoms with E-state index >= 15 is 0 Å². The van der Waals surface area contributed by atoms with Gasteiger partial charge in [0.1, 0.15) is 4.99 Å². The number of nitrogens with two attached hydrogens (primary N) is 1. The molecular formula is C12H8Cl2N2OS. The summed E-state index contributed by atoms with van der Waals surface area (Å²) in [6.07, 6.45) is 0. The second-order valence-corrected chi connectivity index (χ2v) is 4.86. The van der Waals surface area contributed by atoms with Crippen molar-refractivity contribution in [2.75, 3.05) is 0 Å². The van der Waals surface area contributed by atoms with Crippen molar-refractivity contribution >= 4 is 40.4 Å². The first-order chi connectivity index (χ1) is 8.49. The van der Waals surface area contributed by atoms with Crippen molar-refractivity contribution in [2.24, 2.45) is 5.73 Å². The Kier molecular flexibility index (Phi) is 3.71. The summed E-state index contributed by atoms with van der Waals surface area (Å²) in [7, 11) is 0. The first-order valence-electron chi connectivity index (χ1n) is 4.97. The smallest absolute Gasteiger partial charge is 0.258 e. The van der Waals surface area contributed by atoms with Gasteiger partial charge in [0.2, 0.25) is 0 Å². The second-order valence-electron chi connectivity index (χ2n) is 3.61. The van der Waals surface area contributed by atoms with Crippen molar-refractivity contribution in [1.29, 1.82) is 0 Å². The predicted octanol–water partition coefficient (Wildman–Crippen LogP) is 2.98. The van der Waals surface area contributed by atoms with E-state index in [1.807, 2.05) is 0 Å². The average Bonchev–Trinajstić information content (AvgIpc) is 2.32. The van der Waals surface area contributed by atoms with Crippen LogP contribution in [0.15, 0.2) is 35.1 Å². The van der Waals surface area contributed by atoms with Gasteiger partial charge in [-0.1, -0.05) is 41.5 Å². The van der Waals surface area contributed by atoms with E-state index in [-0.39, 0.29) is 16.1 Å². The van der Waals surface area contributed by atoms with Crippen LogP contribution in [0.2, 0.25) is 10.0 Å². The maximum absolute atomic E-state index is 11.7. The molecule has 3 nitrogen and oxygen atoms in total. The Hall–Kier alpha value is -1.36. The van der Waals surface area contributed by atoms with Gasteiger partial charge < -0.3 is 10.7 Å². The highest BCUT2D eigenvalue weighted by atomic mass is 35.5. The topological polar surface area (TPSA) is 58.9 Å².